The molecule has 1 N–H and O–H groups in total. The molecule has 0 bridgehead atoms. The summed E-state index contributed by atoms with van der Waals surface area (Å²) in [4.78, 5) is 30.5. The molecule has 1 atom stereocenters. The molecular weight excluding hydrogens is 341 g/mol. The molecule has 0 radical (unpaired) electrons. The first-order valence-corrected chi connectivity index (χ1v) is 9.25. The van der Waals surface area contributed by atoms with Crippen molar-refractivity contribution in [2.75, 3.05) is 18.4 Å². The largest absolute Gasteiger partial charge is 0.342 e. The summed E-state index contributed by atoms with van der Waals surface area (Å²) in [6.45, 7) is 3.02. The van der Waals surface area contributed by atoms with Crippen molar-refractivity contribution in [3.05, 3.63) is 35.5 Å². The summed E-state index contributed by atoms with van der Waals surface area (Å²) < 4.78 is 13.0. The zero-order valence-electron chi connectivity index (χ0n) is 14.0. The summed E-state index contributed by atoms with van der Waals surface area (Å²) in [6, 6.07) is 6.08. The van der Waals surface area contributed by atoms with Crippen molar-refractivity contribution in [2.45, 2.75) is 26.2 Å². The van der Waals surface area contributed by atoms with E-state index in [1.54, 1.807) is 17.0 Å². The third-order valence-corrected chi connectivity index (χ3v) is 5.08. The van der Waals surface area contributed by atoms with Gasteiger partial charge >= 0.3 is 0 Å². The number of benzene rings is 1. The number of nitrogens with one attached hydrogen (secondary N) is 1. The monoisotopic (exact) mass is 361 g/mol. The van der Waals surface area contributed by atoms with Crippen molar-refractivity contribution >= 4 is 28.3 Å². The van der Waals surface area contributed by atoms with Crippen LogP contribution in [0.15, 0.2) is 29.6 Å². The maximum Gasteiger partial charge on any atom is 0.231 e. The van der Waals surface area contributed by atoms with Crippen LogP contribution < -0.4 is 5.32 Å². The number of hydrogen-bond donors (Lipinski definition) is 1. The lowest BCUT2D eigenvalue weighted by molar-refractivity contribution is -0.134. The van der Waals surface area contributed by atoms with Crippen molar-refractivity contribution in [1.82, 2.24) is 9.88 Å². The van der Waals surface area contributed by atoms with Gasteiger partial charge in [0.25, 0.3) is 0 Å². The molecule has 132 valence electrons. The molecule has 1 saturated heterocycles. The normalized spacial score (nSPS) is 17.4. The summed E-state index contributed by atoms with van der Waals surface area (Å²) >= 11 is 1.34. The minimum Gasteiger partial charge on any atom is -0.342 e. The third kappa shape index (κ3) is 4.22. The molecule has 1 unspecified atom stereocenters. The molecule has 2 heterocycles. The molecular formula is C18H20FN3O2S. The summed E-state index contributed by atoms with van der Waals surface area (Å²) in [6.07, 6.45) is 2.07. The molecule has 1 aliphatic heterocycles. The number of nitrogens with zero attached hydrogens (tertiary/aromatic N) is 2. The molecule has 5 nitrogen and oxygen atoms in total. The Labute approximate surface area is 149 Å². The molecule has 1 aromatic carbocycles. The fraction of sp³-hybridized carbons (Fsp3) is 0.389. The predicted octanol–water partition coefficient (Wildman–Crippen LogP) is 3.54. The topological polar surface area (TPSA) is 62.3 Å². The Balaban J connectivity index is 1.63. The fourth-order valence-electron chi connectivity index (χ4n) is 2.93. The molecule has 0 saturated carbocycles. The van der Waals surface area contributed by atoms with Crippen molar-refractivity contribution in [3.8, 4) is 11.3 Å². The Morgan fingerprint density at radius 3 is 2.84 bits per heavy atom. The molecule has 7 heteroatoms. The smallest absolute Gasteiger partial charge is 0.231 e. The molecule has 3 rings (SSSR count). The Bertz CT molecular complexity index is 760. The zero-order valence-corrected chi connectivity index (χ0v) is 14.8. The van der Waals surface area contributed by atoms with Crippen LogP contribution in [-0.4, -0.2) is 34.8 Å². The number of anilines is 1. The lowest BCUT2D eigenvalue weighted by Crippen LogP contribution is -2.43. The van der Waals surface area contributed by atoms with E-state index in [1.807, 2.05) is 12.3 Å². The summed E-state index contributed by atoms with van der Waals surface area (Å²) in [5.74, 6) is -0.516. The van der Waals surface area contributed by atoms with Gasteiger partial charge in [-0.05, 0) is 37.1 Å². The molecule has 0 spiro atoms. The van der Waals surface area contributed by atoms with Crippen LogP contribution in [0, 0.1) is 11.7 Å². The SMILES string of the molecule is CCC(=O)N1CCCC(C(=O)Nc2nc(-c3ccc(F)cc3)cs2)C1. The Hall–Kier alpha value is -2.28. The molecule has 1 aliphatic rings. The van der Waals surface area contributed by atoms with Gasteiger partial charge in [-0.3, -0.25) is 9.59 Å². The zero-order chi connectivity index (χ0) is 17.8. The predicted molar refractivity (Wildman–Crippen MR) is 95.7 cm³/mol. The van der Waals surface area contributed by atoms with Gasteiger partial charge in [-0.15, -0.1) is 11.3 Å². The van der Waals surface area contributed by atoms with Gasteiger partial charge in [0.2, 0.25) is 11.8 Å². The molecule has 2 amide bonds. The lowest BCUT2D eigenvalue weighted by Gasteiger charge is -2.31. The van der Waals surface area contributed by atoms with Gasteiger partial charge in [0, 0.05) is 30.5 Å². The van der Waals surface area contributed by atoms with Crippen molar-refractivity contribution in [3.63, 3.8) is 0 Å². The standard InChI is InChI=1S/C18H20FN3O2S/c1-2-16(23)22-9-3-4-13(10-22)17(24)21-18-20-15(11-25-18)12-5-7-14(19)8-6-12/h5-8,11,13H,2-4,9-10H2,1H3,(H,20,21,24). The second-order valence-corrected chi connectivity index (χ2v) is 6.92. The van der Waals surface area contributed by atoms with E-state index in [1.165, 1.54) is 23.5 Å². The van der Waals surface area contributed by atoms with E-state index in [0.717, 1.165) is 24.9 Å². The number of thiazole rings is 1. The van der Waals surface area contributed by atoms with E-state index in [0.29, 0.717) is 23.8 Å². The number of rotatable bonds is 4. The highest BCUT2D eigenvalue weighted by atomic mass is 32.1. The van der Waals surface area contributed by atoms with Crippen LogP contribution in [0.25, 0.3) is 11.3 Å². The van der Waals surface area contributed by atoms with Crippen LogP contribution in [0.5, 0.6) is 0 Å². The molecule has 1 aromatic heterocycles. The van der Waals surface area contributed by atoms with Crippen LogP contribution in [0.4, 0.5) is 9.52 Å². The highest BCUT2D eigenvalue weighted by molar-refractivity contribution is 7.14. The molecule has 0 aliphatic carbocycles. The first kappa shape index (κ1) is 17.5. The maximum atomic E-state index is 13.0. The number of aromatic nitrogens is 1. The van der Waals surface area contributed by atoms with Crippen LogP contribution >= 0.6 is 11.3 Å². The Morgan fingerprint density at radius 2 is 2.12 bits per heavy atom. The van der Waals surface area contributed by atoms with Gasteiger partial charge < -0.3 is 10.2 Å². The number of amides is 2. The van der Waals surface area contributed by atoms with E-state index in [9.17, 15) is 14.0 Å². The van der Waals surface area contributed by atoms with Crippen LogP contribution in [-0.2, 0) is 9.59 Å². The van der Waals surface area contributed by atoms with E-state index in [4.69, 9.17) is 0 Å². The summed E-state index contributed by atoms with van der Waals surface area (Å²) in [5, 5.41) is 5.19. The first-order valence-electron chi connectivity index (χ1n) is 8.37. The average Bonchev–Trinajstić information content (AvgIpc) is 3.10. The molecule has 1 fully saturated rings. The number of carbonyl (C=O) groups is 2. The molecule has 2 aromatic rings. The highest BCUT2D eigenvalue weighted by Gasteiger charge is 2.28. The van der Waals surface area contributed by atoms with Crippen LogP contribution in [0.1, 0.15) is 26.2 Å². The van der Waals surface area contributed by atoms with Crippen molar-refractivity contribution in [1.29, 1.82) is 0 Å². The van der Waals surface area contributed by atoms with E-state index in [2.05, 4.69) is 10.3 Å². The Morgan fingerprint density at radius 1 is 1.36 bits per heavy atom. The van der Waals surface area contributed by atoms with E-state index >= 15 is 0 Å². The minimum absolute atomic E-state index is 0.0883. The van der Waals surface area contributed by atoms with Gasteiger partial charge in [-0.1, -0.05) is 6.92 Å². The van der Waals surface area contributed by atoms with E-state index in [-0.39, 0.29) is 23.5 Å². The molecule has 25 heavy (non-hydrogen) atoms. The van der Waals surface area contributed by atoms with Gasteiger partial charge in [0.1, 0.15) is 5.82 Å². The number of halogens is 1. The number of carbonyl (C=O) groups excluding carboxylic acids is 2. The average molecular weight is 361 g/mol. The van der Waals surface area contributed by atoms with Crippen molar-refractivity contribution < 1.29 is 14.0 Å². The van der Waals surface area contributed by atoms with Gasteiger partial charge in [0.05, 0.1) is 11.6 Å². The van der Waals surface area contributed by atoms with E-state index < -0.39 is 0 Å². The minimum atomic E-state index is -0.295. The first-order chi connectivity index (χ1) is 12.1. The number of hydrogen-bond acceptors (Lipinski definition) is 4. The van der Waals surface area contributed by atoms with Gasteiger partial charge in [0.15, 0.2) is 5.13 Å². The quantitative estimate of drug-likeness (QED) is 0.906. The third-order valence-electron chi connectivity index (χ3n) is 4.32. The second kappa shape index (κ2) is 7.74. The Kier molecular flexibility index (Phi) is 5.43. The maximum absolute atomic E-state index is 13.0. The van der Waals surface area contributed by atoms with Gasteiger partial charge in [-0.2, -0.15) is 0 Å². The fourth-order valence-corrected chi connectivity index (χ4v) is 3.66. The summed E-state index contributed by atoms with van der Waals surface area (Å²) in [7, 11) is 0. The number of piperidine rings is 1. The van der Waals surface area contributed by atoms with Crippen LogP contribution in [0.2, 0.25) is 0 Å². The van der Waals surface area contributed by atoms with Gasteiger partial charge in [-0.25, -0.2) is 9.37 Å². The second-order valence-electron chi connectivity index (χ2n) is 6.07. The highest BCUT2D eigenvalue weighted by Crippen LogP contribution is 2.26. The summed E-state index contributed by atoms with van der Waals surface area (Å²) in [5.41, 5.74) is 1.50. The van der Waals surface area contributed by atoms with Crippen molar-refractivity contribution in [2.24, 2.45) is 5.92 Å². The van der Waals surface area contributed by atoms with Crippen LogP contribution in [0.3, 0.4) is 0 Å². The lowest BCUT2D eigenvalue weighted by atomic mass is 9.97. The number of likely N-dealkylation sites (tertiary alicyclic amines) is 1.